The number of carbonyl (C=O) groups excluding carboxylic acids is 2. The van der Waals surface area contributed by atoms with Gasteiger partial charge in [-0.3, -0.25) is 13.9 Å². The van der Waals surface area contributed by atoms with Crippen LogP contribution in [0.4, 0.5) is 5.69 Å². The standard InChI is InChI=1S/C30H35Cl2N3O5S/c1-5-26(30(37)33-6-2)34(19-22-14-17-24(31)25(32)18-22)29(36)20-35(27-10-8-9-11-28(27)40-7-3)41(38,39)23-15-12-21(4)13-16-23/h8-18,26H,5-7,19-20H2,1-4H3,(H,33,37). The topological polar surface area (TPSA) is 96.0 Å². The van der Waals surface area contributed by atoms with Crippen LogP contribution in [0.1, 0.15) is 38.3 Å². The zero-order valence-electron chi connectivity index (χ0n) is 23.6. The fourth-order valence-electron chi connectivity index (χ4n) is 4.34. The number of likely N-dealkylation sites (N-methyl/N-ethyl adjacent to an activating group) is 1. The van der Waals surface area contributed by atoms with E-state index >= 15 is 0 Å². The monoisotopic (exact) mass is 619 g/mol. The van der Waals surface area contributed by atoms with Crippen LogP contribution in [0.3, 0.4) is 0 Å². The summed E-state index contributed by atoms with van der Waals surface area (Å²) in [5.74, 6) is -0.604. The number of para-hydroxylation sites is 2. The first-order valence-corrected chi connectivity index (χ1v) is 15.5. The number of amides is 2. The van der Waals surface area contributed by atoms with E-state index in [0.29, 0.717) is 40.9 Å². The fraction of sp³-hybridized carbons (Fsp3) is 0.333. The number of hydrogen-bond donors (Lipinski definition) is 1. The highest BCUT2D eigenvalue weighted by Crippen LogP contribution is 2.33. The number of carbonyl (C=O) groups is 2. The van der Waals surface area contributed by atoms with Gasteiger partial charge < -0.3 is 15.0 Å². The van der Waals surface area contributed by atoms with Gasteiger partial charge in [0.25, 0.3) is 10.0 Å². The average Bonchev–Trinajstić information content (AvgIpc) is 2.94. The Labute approximate surface area is 252 Å². The molecule has 0 heterocycles. The van der Waals surface area contributed by atoms with Crippen LogP contribution >= 0.6 is 23.2 Å². The van der Waals surface area contributed by atoms with E-state index in [9.17, 15) is 18.0 Å². The maximum atomic E-state index is 14.1. The molecule has 0 aliphatic heterocycles. The summed E-state index contributed by atoms with van der Waals surface area (Å²) in [5.41, 5.74) is 1.74. The lowest BCUT2D eigenvalue weighted by molar-refractivity contribution is -0.140. The molecule has 8 nitrogen and oxygen atoms in total. The van der Waals surface area contributed by atoms with Crippen molar-refractivity contribution in [1.29, 1.82) is 0 Å². The zero-order chi connectivity index (χ0) is 30.2. The number of halogens is 2. The average molecular weight is 621 g/mol. The number of nitrogens with zero attached hydrogens (tertiary/aromatic N) is 2. The van der Waals surface area contributed by atoms with Crippen molar-refractivity contribution < 1.29 is 22.7 Å². The summed E-state index contributed by atoms with van der Waals surface area (Å²) >= 11 is 12.3. The van der Waals surface area contributed by atoms with E-state index in [1.165, 1.54) is 17.0 Å². The second kappa shape index (κ2) is 14.6. The van der Waals surface area contributed by atoms with Gasteiger partial charge in [-0.05, 0) is 69.2 Å². The van der Waals surface area contributed by atoms with E-state index in [2.05, 4.69) is 5.32 Å². The van der Waals surface area contributed by atoms with Crippen LogP contribution in [-0.2, 0) is 26.2 Å². The fourth-order valence-corrected chi connectivity index (χ4v) is 6.08. The first-order chi connectivity index (χ1) is 19.5. The molecule has 41 heavy (non-hydrogen) atoms. The lowest BCUT2D eigenvalue weighted by Crippen LogP contribution is -2.52. The van der Waals surface area contributed by atoms with Crippen molar-refractivity contribution in [2.75, 3.05) is 24.0 Å². The second-order valence-corrected chi connectivity index (χ2v) is 12.0. The molecule has 1 N–H and O–H groups in total. The second-order valence-electron chi connectivity index (χ2n) is 9.31. The Bertz CT molecular complexity index is 1470. The van der Waals surface area contributed by atoms with Gasteiger partial charge in [-0.25, -0.2) is 8.42 Å². The van der Waals surface area contributed by atoms with Crippen molar-refractivity contribution >= 4 is 50.7 Å². The molecule has 0 aromatic heterocycles. The number of nitrogens with one attached hydrogen (secondary N) is 1. The minimum absolute atomic E-state index is 0.0108. The molecule has 0 bridgehead atoms. The van der Waals surface area contributed by atoms with Crippen LogP contribution < -0.4 is 14.4 Å². The highest BCUT2D eigenvalue weighted by molar-refractivity contribution is 7.92. The van der Waals surface area contributed by atoms with Crippen molar-refractivity contribution in [2.45, 2.75) is 51.6 Å². The van der Waals surface area contributed by atoms with Crippen LogP contribution in [-0.4, -0.2) is 50.9 Å². The van der Waals surface area contributed by atoms with E-state index in [1.807, 2.05) is 6.92 Å². The van der Waals surface area contributed by atoms with Crippen LogP contribution in [0, 0.1) is 6.92 Å². The third-order valence-electron chi connectivity index (χ3n) is 6.40. The van der Waals surface area contributed by atoms with Gasteiger partial charge >= 0.3 is 0 Å². The number of ether oxygens (including phenoxy) is 1. The summed E-state index contributed by atoms with van der Waals surface area (Å²) in [6.07, 6.45) is 0.305. The molecule has 3 aromatic rings. The molecule has 0 spiro atoms. The van der Waals surface area contributed by atoms with Gasteiger partial charge in [-0.1, -0.05) is 66.0 Å². The molecular weight excluding hydrogens is 585 g/mol. The molecule has 0 aliphatic rings. The number of rotatable bonds is 13. The van der Waals surface area contributed by atoms with Crippen LogP contribution in [0.2, 0.25) is 10.0 Å². The molecule has 0 saturated carbocycles. The van der Waals surface area contributed by atoms with Gasteiger partial charge in [0, 0.05) is 13.1 Å². The molecule has 2 amide bonds. The van der Waals surface area contributed by atoms with Gasteiger partial charge in [0.15, 0.2) is 0 Å². The van der Waals surface area contributed by atoms with Gasteiger partial charge in [0.2, 0.25) is 11.8 Å². The van der Waals surface area contributed by atoms with Gasteiger partial charge in [-0.2, -0.15) is 0 Å². The van der Waals surface area contributed by atoms with Crippen LogP contribution in [0.5, 0.6) is 5.75 Å². The molecule has 3 aromatic carbocycles. The molecule has 1 unspecified atom stereocenters. The smallest absolute Gasteiger partial charge is 0.264 e. The van der Waals surface area contributed by atoms with Gasteiger partial charge in [-0.15, -0.1) is 0 Å². The van der Waals surface area contributed by atoms with E-state index in [1.54, 1.807) is 75.4 Å². The molecule has 1 atom stereocenters. The SMILES string of the molecule is CCNC(=O)C(CC)N(Cc1ccc(Cl)c(Cl)c1)C(=O)CN(c1ccccc1OCC)S(=O)(=O)c1ccc(C)cc1. The third-order valence-corrected chi connectivity index (χ3v) is 8.91. The van der Waals surface area contributed by atoms with Crippen LogP contribution in [0.15, 0.2) is 71.6 Å². The number of anilines is 1. The van der Waals surface area contributed by atoms with Crippen molar-refractivity contribution in [3.8, 4) is 5.75 Å². The first kappa shape index (κ1) is 32.2. The number of sulfonamides is 1. The van der Waals surface area contributed by atoms with Crippen molar-refractivity contribution in [3.63, 3.8) is 0 Å². The molecule has 0 saturated heterocycles. The summed E-state index contributed by atoms with van der Waals surface area (Å²) < 4.78 is 34.9. The first-order valence-electron chi connectivity index (χ1n) is 13.4. The minimum Gasteiger partial charge on any atom is -0.492 e. The van der Waals surface area contributed by atoms with Crippen LogP contribution in [0.25, 0.3) is 0 Å². The van der Waals surface area contributed by atoms with E-state index in [-0.39, 0.29) is 23.0 Å². The summed E-state index contributed by atoms with van der Waals surface area (Å²) in [6, 6.07) is 17.1. The highest BCUT2D eigenvalue weighted by atomic mass is 35.5. The summed E-state index contributed by atoms with van der Waals surface area (Å²) in [4.78, 5) is 28.6. The number of aryl methyl sites for hydroxylation is 1. The maximum Gasteiger partial charge on any atom is 0.264 e. The number of hydrogen-bond acceptors (Lipinski definition) is 5. The Morgan fingerprint density at radius 2 is 1.63 bits per heavy atom. The van der Waals surface area contributed by atoms with Crippen molar-refractivity contribution in [3.05, 3.63) is 87.9 Å². The van der Waals surface area contributed by atoms with Crippen molar-refractivity contribution in [1.82, 2.24) is 10.2 Å². The van der Waals surface area contributed by atoms with E-state index in [4.69, 9.17) is 27.9 Å². The van der Waals surface area contributed by atoms with E-state index in [0.717, 1.165) is 9.87 Å². The predicted molar refractivity (Wildman–Crippen MR) is 163 cm³/mol. The third kappa shape index (κ3) is 7.93. The van der Waals surface area contributed by atoms with Crippen molar-refractivity contribution in [2.24, 2.45) is 0 Å². The minimum atomic E-state index is -4.22. The number of benzene rings is 3. The molecule has 220 valence electrons. The zero-order valence-corrected chi connectivity index (χ0v) is 25.9. The van der Waals surface area contributed by atoms with E-state index < -0.39 is 28.5 Å². The Morgan fingerprint density at radius 3 is 2.24 bits per heavy atom. The Kier molecular flexibility index (Phi) is 11.5. The Hall–Kier alpha value is -3.27. The lowest BCUT2D eigenvalue weighted by atomic mass is 10.1. The maximum absolute atomic E-state index is 14.1. The Balaban J connectivity index is 2.12. The molecule has 11 heteroatoms. The highest BCUT2D eigenvalue weighted by Gasteiger charge is 2.34. The summed E-state index contributed by atoms with van der Waals surface area (Å²) in [7, 11) is -4.22. The summed E-state index contributed by atoms with van der Waals surface area (Å²) in [5, 5.41) is 3.43. The van der Waals surface area contributed by atoms with Gasteiger partial charge in [0.1, 0.15) is 18.3 Å². The molecule has 0 aliphatic carbocycles. The molecule has 0 radical (unpaired) electrons. The quantitative estimate of drug-likeness (QED) is 0.259. The summed E-state index contributed by atoms with van der Waals surface area (Å²) in [6.45, 7) is 7.33. The normalized spacial score (nSPS) is 12.0. The Morgan fingerprint density at radius 1 is 0.951 bits per heavy atom. The molecule has 0 fully saturated rings. The van der Waals surface area contributed by atoms with Gasteiger partial charge in [0.05, 0.1) is 27.2 Å². The molecule has 3 rings (SSSR count). The molecular formula is C30H35Cl2N3O5S. The predicted octanol–water partition coefficient (Wildman–Crippen LogP) is 5.84. The lowest BCUT2D eigenvalue weighted by Gasteiger charge is -2.33. The largest absolute Gasteiger partial charge is 0.492 e.